The van der Waals surface area contributed by atoms with E-state index in [1.54, 1.807) is 7.11 Å². The fraction of sp³-hybridized carbons (Fsp3) is 0.706. The van der Waals surface area contributed by atoms with E-state index in [1.807, 2.05) is 19.9 Å². The summed E-state index contributed by atoms with van der Waals surface area (Å²) in [6.07, 6.45) is 4.58. The van der Waals surface area contributed by atoms with Gasteiger partial charge in [0.2, 0.25) is 0 Å². The van der Waals surface area contributed by atoms with Crippen molar-refractivity contribution in [2.75, 3.05) is 13.7 Å². The number of aryl methyl sites for hydroxylation is 1. The predicted molar refractivity (Wildman–Crippen MR) is 82.9 cm³/mol. The highest BCUT2D eigenvalue weighted by Gasteiger charge is 2.23. The lowest BCUT2D eigenvalue weighted by Crippen LogP contribution is -2.29. The summed E-state index contributed by atoms with van der Waals surface area (Å²) in [5.74, 6) is 0.0855. The van der Waals surface area contributed by atoms with E-state index in [-0.39, 0.29) is 24.6 Å². The molecular formula is C17H27NO3. The molecule has 4 heteroatoms. The van der Waals surface area contributed by atoms with Crippen molar-refractivity contribution in [2.24, 2.45) is 0 Å². The SMILES string of the molecule is CCn1c(C)cc(C(=O)COC2CCCC(OC)C2)c1C. The molecule has 2 unspecified atom stereocenters. The minimum atomic E-state index is 0.0855. The lowest BCUT2D eigenvalue weighted by molar-refractivity contribution is -0.0243. The van der Waals surface area contributed by atoms with Gasteiger partial charge in [0.15, 0.2) is 5.78 Å². The number of Topliss-reactive ketones (excluding diaryl/α,β-unsaturated/α-hetero) is 1. The Morgan fingerprint density at radius 1 is 1.33 bits per heavy atom. The molecule has 0 N–H and O–H groups in total. The molecule has 0 bridgehead atoms. The Morgan fingerprint density at radius 3 is 2.67 bits per heavy atom. The molecule has 1 aromatic heterocycles. The van der Waals surface area contributed by atoms with Gasteiger partial charge in [0.25, 0.3) is 0 Å². The number of ether oxygens (including phenoxy) is 2. The molecule has 4 nitrogen and oxygen atoms in total. The van der Waals surface area contributed by atoms with E-state index in [9.17, 15) is 4.79 Å². The molecule has 0 radical (unpaired) electrons. The van der Waals surface area contributed by atoms with Gasteiger partial charge in [-0.3, -0.25) is 4.79 Å². The summed E-state index contributed by atoms with van der Waals surface area (Å²) < 4.78 is 13.4. The highest BCUT2D eigenvalue weighted by Crippen LogP contribution is 2.23. The minimum absolute atomic E-state index is 0.0855. The van der Waals surface area contributed by atoms with Crippen molar-refractivity contribution in [3.63, 3.8) is 0 Å². The molecule has 0 amide bonds. The molecule has 0 aliphatic heterocycles. The van der Waals surface area contributed by atoms with Crippen LogP contribution >= 0.6 is 0 Å². The first-order valence-corrected chi connectivity index (χ1v) is 7.91. The highest BCUT2D eigenvalue weighted by molar-refractivity contribution is 5.98. The largest absolute Gasteiger partial charge is 0.381 e. The second-order valence-corrected chi connectivity index (χ2v) is 5.91. The maximum Gasteiger partial charge on any atom is 0.190 e. The molecule has 1 aromatic rings. The van der Waals surface area contributed by atoms with Crippen LogP contribution in [-0.4, -0.2) is 36.3 Å². The smallest absolute Gasteiger partial charge is 0.190 e. The molecule has 0 aromatic carbocycles. The van der Waals surface area contributed by atoms with Gasteiger partial charge in [-0.05, 0) is 52.5 Å². The summed E-state index contributed by atoms with van der Waals surface area (Å²) in [6.45, 7) is 7.21. The number of carbonyl (C=O) groups is 1. The number of hydrogen-bond donors (Lipinski definition) is 0. The van der Waals surface area contributed by atoms with E-state index in [2.05, 4.69) is 11.5 Å². The quantitative estimate of drug-likeness (QED) is 0.756. The van der Waals surface area contributed by atoms with Gasteiger partial charge in [-0.1, -0.05) is 0 Å². The van der Waals surface area contributed by atoms with Crippen LogP contribution in [0.3, 0.4) is 0 Å². The fourth-order valence-electron chi connectivity index (χ4n) is 3.31. The zero-order valence-corrected chi connectivity index (χ0v) is 13.6. The van der Waals surface area contributed by atoms with Gasteiger partial charge in [-0.2, -0.15) is 0 Å². The van der Waals surface area contributed by atoms with E-state index >= 15 is 0 Å². The summed E-state index contributed by atoms with van der Waals surface area (Å²) in [7, 11) is 1.75. The van der Waals surface area contributed by atoms with Gasteiger partial charge in [0.05, 0.1) is 12.2 Å². The Hall–Kier alpha value is -1.13. The van der Waals surface area contributed by atoms with Crippen LogP contribution in [-0.2, 0) is 16.0 Å². The van der Waals surface area contributed by atoms with Crippen LogP contribution in [0.15, 0.2) is 6.07 Å². The minimum Gasteiger partial charge on any atom is -0.381 e. The van der Waals surface area contributed by atoms with Gasteiger partial charge in [0, 0.05) is 30.6 Å². The maximum atomic E-state index is 12.4. The Morgan fingerprint density at radius 2 is 2.05 bits per heavy atom. The summed E-state index contributed by atoms with van der Waals surface area (Å²) >= 11 is 0. The zero-order valence-electron chi connectivity index (χ0n) is 13.6. The lowest BCUT2D eigenvalue weighted by atomic mass is 9.95. The third kappa shape index (κ3) is 3.74. The molecule has 1 heterocycles. The number of hydrogen-bond acceptors (Lipinski definition) is 3. The van der Waals surface area contributed by atoms with E-state index in [4.69, 9.17) is 9.47 Å². The van der Waals surface area contributed by atoms with Gasteiger partial charge >= 0.3 is 0 Å². The van der Waals surface area contributed by atoms with Crippen molar-refractivity contribution in [3.05, 3.63) is 23.0 Å². The highest BCUT2D eigenvalue weighted by atomic mass is 16.5. The second kappa shape index (κ2) is 7.23. The van der Waals surface area contributed by atoms with Crippen LogP contribution < -0.4 is 0 Å². The van der Waals surface area contributed by atoms with Crippen LogP contribution in [0.2, 0.25) is 0 Å². The second-order valence-electron chi connectivity index (χ2n) is 5.91. The molecule has 1 aliphatic rings. The average Bonchev–Trinajstić information content (AvgIpc) is 2.79. The predicted octanol–water partition coefficient (Wildman–Crippen LogP) is 3.28. The molecule has 1 fully saturated rings. The Bertz CT molecular complexity index is 492. The molecule has 0 saturated heterocycles. The topological polar surface area (TPSA) is 40.5 Å². The summed E-state index contributed by atoms with van der Waals surface area (Å²) in [5.41, 5.74) is 2.98. The van der Waals surface area contributed by atoms with E-state index < -0.39 is 0 Å². The molecule has 21 heavy (non-hydrogen) atoms. The summed E-state index contributed by atoms with van der Waals surface area (Å²) in [4.78, 5) is 12.4. The van der Waals surface area contributed by atoms with Crippen LogP contribution in [0, 0.1) is 13.8 Å². The van der Waals surface area contributed by atoms with Crippen molar-refractivity contribution >= 4 is 5.78 Å². The standard InChI is InChI=1S/C17H27NO3/c1-5-18-12(2)9-16(13(18)3)17(19)11-21-15-8-6-7-14(10-15)20-4/h9,14-15H,5-8,10-11H2,1-4H3. The van der Waals surface area contributed by atoms with E-state index in [0.29, 0.717) is 0 Å². The number of rotatable bonds is 6. The molecular weight excluding hydrogens is 266 g/mol. The van der Waals surface area contributed by atoms with Gasteiger partial charge in [0.1, 0.15) is 6.61 Å². The molecule has 1 aliphatic carbocycles. The van der Waals surface area contributed by atoms with Crippen LogP contribution in [0.25, 0.3) is 0 Å². The maximum absolute atomic E-state index is 12.4. The van der Waals surface area contributed by atoms with E-state index in [0.717, 1.165) is 49.2 Å². The molecule has 1 saturated carbocycles. The number of nitrogens with zero attached hydrogens (tertiary/aromatic N) is 1. The third-order valence-electron chi connectivity index (χ3n) is 4.55. The fourth-order valence-corrected chi connectivity index (χ4v) is 3.31. The van der Waals surface area contributed by atoms with Crippen molar-refractivity contribution in [3.8, 4) is 0 Å². The van der Waals surface area contributed by atoms with Gasteiger partial charge in [-0.15, -0.1) is 0 Å². The monoisotopic (exact) mass is 293 g/mol. The van der Waals surface area contributed by atoms with Crippen LogP contribution in [0.1, 0.15) is 54.4 Å². The third-order valence-corrected chi connectivity index (χ3v) is 4.55. The summed E-state index contributed by atoms with van der Waals surface area (Å²) in [6, 6.07) is 1.98. The first kappa shape index (κ1) is 16.2. The lowest BCUT2D eigenvalue weighted by Gasteiger charge is -2.27. The number of methoxy groups -OCH3 is 1. The van der Waals surface area contributed by atoms with Crippen LogP contribution in [0.4, 0.5) is 0 Å². The van der Waals surface area contributed by atoms with Crippen LogP contribution in [0.5, 0.6) is 0 Å². The number of aromatic nitrogens is 1. The van der Waals surface area contributed by atoms with E-state index in [1.165, 1.54) is 0 Å². The Kier molecular flexibility index (Phi) is 5.59. The van der Waals surface area contributed by atoms with Crippen molar-refractivity contribution in [2.45, 2.75) is 65.2 Å². The number of ketones is 1. The summed E-state index contributed by atoms with van der Waals surface area (Å²) in [5, 5.41) is 0. The molecule has 118 valence electrons. The molecule has 2 atom stereocenters. The van der Waals surface area contributed by atoms with Gasteiger partial charge in [-0.25, -0.2) is 0 Å². The molecule has 0 spiro atoms. The Balaban J connectivity index is 1.93. The first-order chi connectivity index (χ1) is 10.1. The van der Waals surface area contributed by atoms with Gasteiger partial charge < -0.3 is 14.0 Å². The number of carbonyl (C=O) groups excluding carboxylic acids is 1. The van der Waals surface area contributed by atoms with Crippen molar-refractivity contribution in [1.29, 1.82) is 0 Å². The van der Waals surface area contributed by atoms with Crippen molar-refractivity contribution in [1.82, 2.24) is 4.57 Å². The average molecular weight is 293 g/mol. The zero-order chi connectivity index (χ0) is 15.4. The van der Waals surface area contributed by atoms with Crippen molar-refractivity contribution < 1.29 is 14.3 Å². The first-order valence-electron chi connectivity index (χ1n) is 7.91. The Labute approximate surface area is 127 Å². The molecule has 2 rings (SSSR count). The normalized spacial score (nSPS) is 22.5.